The summed E-state index contributed by atoms with van der Waals surface area (Å²) in [5.74, 6) is -0.113. The zero-order chi connectivity index (χ0) is 12.1. The molecule has 17 heavy (non-hydrogen) atoms. The van der Waals surface area contributed by atoms with Gasteiger partial charge in [0.2, 0.25) is 0 Å². The van der Waals surface area contributed by atoms with Gasteiger partial charge in [-0.2, -0.15) is 5.26 Å². The maximum Gasteiger partial charge on any atom is 0.144 e. The fourth-order valence-electron chi connectivity index (χ4n) is 2.25. The zero-order valence-corrected chi connectivity index (χ0v) is 9.79. The molecule has 0 atom stereocenters. The highest BCUT2D eigenvalue weighted by molar-refractivity contribution is 5.43. The summed E-state index contributed by atoms with van der Waals surface area (Å²) in [5, 5.41) is 8.91. The number of halogens is 1. The second-order valence-corrected chi connectivity index (χ2v) is 4.46. The molecule has 0 heterocycles. The number of hydrogen-bond acceptors (Lipinski definition) is 2. The highest BCUT2D eigenvalue weighted by atomic mass is 19.1. The van der Waals surface area contributed by atoms with Gasteiger partial charge in [0.1, 0.15) is 23.2 Å². The predicted octanol–water partition coefficient (Wildman–Crippen LogP) is 3.80. The van der Waals surface area contributed by atoms with Crippen molar-refractivity contribution in [3.05, 3.63) is 29.6 Å². The fraction of sp³-hybridized carbons (Fsp3) is 0.500. The number of benzene rings is 1. The summed E-state index contributed by atoms with van der Waals surface area (Å²) in [6, 6.07) is 6.42. The zero-order valence-electron chi connectivity index (χ0n) is 9.79. The van der Waals surface area contributed by atoms with Crippen LogP contribution in [0.3, 0.4) is 0 Å². The van der Waals surface area contributed by atoms with Gasteiger partial charge in [-0.25, -0.2) is 4.39 Å². The molecule has 1 saturated carbocycles. The molecule has 1 aliphatic rings. The second-order valence-electron chi connectivity index (χ2n) is 4.46. The van der Waals surface area contributed by atoms with Crippen LogP contribution in [0.4, 0.5) is 4.39 Å². The van der Waals surface area contributed by atoms with Gasteiger partial charge in [0.25, 0.3) is 0 Å². The number of nitriles is 1. The topological polar surface area (TPSA) is 33.0 Å². The number of nitrogens with zero attached hydrogens (tertiary/aromatic N) is 1. The van der Waals surface area contributed by atoms with Crippen molar-refractivity contribution in [3.8, 4) is 11.8 Å². The van der Waals surface area contributed by atoms with Crippen LogP contribution in [-0.4, -0.2) is 6.10 Å². The minimum absolute atomic E-state index is 0.0248. The molecule has 1 aliphatic carbocycles. The maximum absolute atomic E-state index is 13.4. The molecule has 0 aromatic heterocycles. The highest BCUT2D eigenvalue weighted by Crippen LogP contribution is 2.26. The Balaban J connectivity index is 2.12. The van der Waals surface area contributed by atoms with E-state index in [0.29, 0.717) is 5.75 Å². The Labute approximate surface area is 101 Å². The summed E-state index contributed by atoms with van der Waals surface area (Å²) < 4.78 is 19.2. The van der Waals surface area contributed by atoms with Gasteiger partial charge < -0.3 is 4.74 Å². The lowest BCUT2D eigenvalue weighted by Crippen LogP contribution is -2.16. The summed E-state index contributed by atoms with van der Waals surface area (Å²) >= 11 is 0. The van der Waals surface area contributed by atoms with Gasteiger partial charge in [-0.3, -0.25) is 0 Å². The van der Waals surface area contributed by atoms with Crippen LogP contribution < -0.4 is 4.74 Å². The minimum atomic E-state index is -0.501. The van der Waals surface area contributed by atoms with Crippen LogP contribution in [0.5, 0.6) is 5.75 Å². The van der Waals surface area contributed by atoms with Gasteiger partial charge in [0.15, 0.2) is 0 Å². The Morgan fingerprint density at radius 2 is 1.88 bits per heavy atom. The van der Waals surface area contributed by atoms with Crippen molar-refractivity contribution in [2.75, 3.05) is 0 Å². The lowest BCUT2D eigenvalue weighted by molar-refractivity contribution is 0.182. The summed E-state index contributed by atoms with van der Waals surface area (Å²) in [6.07, 6.45) is 6.93. The van der Waals surface area contributed by atoms with E-state index < -0.39 is 5.82 Å². The Hall–Kier alpha value is -1.56. The molecule has 2 nitrogen and oxygen atoms in total. The van der Waals surface area contributed by atoms with Crippen LogP contribution in [0.15, 0.2) is 18.2 Å². The molecule has 0 N–H and O–H groups in total. The Morgan fingerprint density at radius 3 is 2.53 bits per heavy atom. The van der Waals surface area contributed by atoms with Crippen LogP contribution in [0, 0.1) is 17.1 Å². The Kier molecular flexibility index (Phi) is 3.98. The first-order valence-electron chi connectivity index (χ1n) is 6.16. The molecule has 0 aliphatic heterocycles. The molecule has 0 saturated heterocycles. The first-order chi connectivity index (χ1) is 8.31. The van der Waals surface area contributed by atoms with Crippen molar-refractivity contribution < 1.29 is 9.13 Å². The molecular formula is C14H16FNO. The Bertz CT molecular complexity index is 417. The van der Waals surface area contributed by atoms with E-state index in [-0.39, 0.29) is 11.7 Å². The fourth-order valence-corrected chi connectivity index (χ4v) is 2.25. The lowest BCUT2D eigenvalue weighted by atomic mass is 10.1. The van der Waals surface area contributed by atoms with Crippen molar-refractivity contribution in [1.82, 2.24) is 0 Å². The van der Waals surface area contributed by atoms with Crippen molar-refractivity contribution in [3.63, 3.8) is 0 Å². The Morgan fingerprint density at radius 1 is 1.18 bits per heavy atom. The first kappa shape index (κ1) is 11.9. The molecule has 0 spiro atoms. The summed E-state index contributed by atoms with van der Waals surface area (Å²) in [6.45, 7) is 0. The predicted molar refractivity (Wildman–Crippen MR) is 63.2 cm³/mol. The van der Waals surface area contributed by atoms with Crippen molar-refractivity contribution in [2.24, 2.45) is 0 Å². The number of rotatable bonds is 2. The number of ether oxygens (including phenoxy) is 1. The van der Waals surface area contributed by atoms with E-state index >= 15 is 0 Å². The molecule has 1 fully saturated rings. The van der Waals surface area contributed by atoms with E-state index in [9.17, 15) is 4.39 Å². The molecule has 3 heteroatoms. The molecule has 0 unspecified atom stereocenters. The summed E-state index contributed by atoms with van der Waals surface area (Å²) in [7, 11) is 0. The third-order valence-electron chi connectivity index (χ3n) is 3.18. The van der Waals surface area contributed by atoms with E-state index in [0.717, 1.165) is 25.7 Å². The third-order valence-corrected chi connectivity index (χ3v) is 3.18. The van der Waals surface area contributed by atoms with E-state index in [1.165, 1.54) is 18.9 Å². The van der Waals surface area contributed by atoms with E-state index in [1.807, 2.05) is 6.07 Å². The van der Waals surface area contributed by atoms with Gasteiger partial charge >= 0.3 is 0 Å². The summed E-state index contributed by atoms with van der Waals surface area (Å²) in [4.78, 5) is 0. The van der Waals surface area contributed by atoms with Crippen LogP contribution in [-0.2, 0) is 0 Å². The van der Waals surface area contributed by atoms with Gasteiger partial charge in [0.05, 0.1) is 6.10 Å². The van der Waals surface area contributed by atoms with Crippen molar-refractivity contribution >= 4 is 0 Å². The molecule has 1 aromatic carbocycles. The number of hydrogen-bond donors (Lipinski definition) is 0. The SMILES string of the molecule is N#Cc1c(F)cccc1OC1CCCCCC1. The van der Waals surface area contributed by atoms with E-state index in [4.69, 9.17) is 10.00 Å². The van der Waals surface area contributed by atoms with Crippen LogP contribution in [0.1, 0.15) is 44.1 Å². The van der Waals surface area contributed by atoms with Gasteiger partial charge in [-0.1, -0.05) is 18.9 Å². The third kappa shape index (κ3) is 2.97. The van der Waals surface area contributed by atoms with Gasteiger partial charge in [-0.05, 0) is 37.8 Å². The smallest absolute Gasteiger partial charge is 0.144 e. The normalized spacial score (nSPS) is 17.2. The molecule has 0 bridgehead atoms. The van der Waals surface area contributed by atoms with Crippen LogP contribution in [0.25, 0.3) is 0 Å². The highest BCUT2D eigenvalue weighted by Gasteiger charge is 2.16. The molecule has 0 amide bonds. The minimum Gasteiger partial charge on any atom is -0.489 e. The van der Waals surface area contributed by atoms with Gasteiger partial charge in [-0.15, -0.1) is 0 Å². The largest absolute Gasteiger partial charge is 0.489 e. The standard InChI is InChI=1S/C14H16FNO/c15-13-8-5-9-14(12(13)10-16)17-11-6-3-1-2-4-7-11/h5,8-9,11H,1-4,6-7H2. The lowest BCUT2D eigenvalue weighted by Gasteiger charge is -2.17. The average molecular weight is 233 g/mol. The van der Waals surface area contributed by atoms with Crippen molar-refractivity contribution in [2.45, 2.75) is 44.6 Å². The van der Waals surface area contributed by atoms with Gasteiger partial charge in [0, 0.05) is 0 Å². The molecule has 90 valence electrons. The molecular weight excluding hydrogens is 217 g/mol. The van der Waals surface area contributed by atoms with Crippen molar-refractivity contribution in [1.29, 1.82) is 5.26 Å². The van der Waals surface area contributed by atoms with E-state index in [1.54, 1.807) is 12.1 Å². The first-order valence-corrected chi connectivity index (χ1v) is 6.16. The van der Waals surface area contributed by atoms with E-state index in [2.05, 4.69) is 0 Å². The average Bonchev–Trinajstić information content (AvgIpc) is 2.58. The summed E-state index contributed by atoms with van der Waals surface area (Å²) in [5.41, 5.74) is 0.0248. The van der Waals surface area contributed by atoms with Crippen LogP contribution in [0.2, 0.25) is 0 Å². The maximum atomic E-state index is 13.4. The molecule has 2 rings (SSSR count). The molecule has 0 radical (unpaired) electrons. The molecule has 1 aromatic rings. The second kappa shape index (κ2) is 5.67. The quantitative estimate of drug-likeness (QED) is 0.728. The van der Waals surface area contributed by atoms with Crippen LogP contribution >= 0.6 is 0 Å². The monoisotopic (exact) mass is 233 g/mol.